The molecule has 2 heterocycles. The molecule has 2 fully saturated rings. The Hall–Kier alpha value is -1.46. The van der Waals surface area contributed by atoms with Gasteiger partial charge in [-0.2, -0.15) is 4.31 Å². The van der Waals surface area contributed by atoms with E-state index in [1.165, 1.54) is 7.11 Å². The summed E-state index contributed by atoms with van der Waals surface area (Å²) in [6.45, 7) is 5.96. The van der Waals surface area contributed by atoms with Gasteiger partial charge in [0.15, 0.2) is 5.11 Å². The Bertz CT molecular complexity index is 791. The Morgan fingerprint density at radius 2 is 1.90 bits per heavy atom. The first-order valence-electron chi connectivity index (χ1n) is 10.0. The van der Waals surface area contributed by atoms with Crippen LogP contribution in [0.5, 0.6) is 5.75 Å². The van der Waals surface area contributed by atoms with E-state index in [-0.39, 0.29) is 4.90 Å². The highest BCUT2D eigenvalue weighted by Crippen LogP contribution is 2.30. The fourth-order valence-corrected chi connectivity index (χ4v) is 5.40. The van der Waals surface area contributed by atoms with Crippen molar-refractivity contribution in [3.63, 3.8) is 0 Å². The Morgan fingerprint density at radius 1 is 1.17 bits per heavy atom. The zero-order chi connectivity index (χ0) is 20.7. The summed E-state index contributed by atoms with van der Waals surface area (Å²) in [4.78, 5) is 2.50. The van der Waals surface area contributed by atoms with Crippen LogP contribution in [0.2, 0.25) is 0 Å². The van der Waals surface area contributed by atoms with Gasteiger partial charge >= 0.3 is 0 Å². The van der Waals surface area contributed by atoms with E-state index in [2.05, 4.69) is 15.5 Å². The summed E-state index contributed by atoms with van der Waals surface area (Å²) in [5, 5.41) is 6.63. The molecule has 2 N–H and O–H groups in total. The van der Waals surface area contributed by atoms with E-state index in [0.717, 1.165) is 52.1 Å². The summed E-state index contributed by atoms with van der Waals surface area (Å²) < 4.78 is 38.6. The van der Waals surface area contributed by atoms with Crippen molar-refractivity contribution in [2.45, 2.75) is 24.2 Å². The van der Waals surface area contributed by atoms with Crippen molar-refractivity contribution in [1.29, 1.82) is 0 Å². The van der Waals surface area contributed by atoms with Gasteiger partial charge in [0.2, 0.25) is 10.0 Å². The number of anilines is 1. The van der Waals surface area contributed by atoms with Crippen molar-refractivity contribution in [2.24, 2.45) is 0 Å². The molecule has 2 aliphatic heterocycles. The number of hydrogen-bond donors (Lipinski definition) is 2. The number of ether oxygens (including phenoxy) is 2. The Morgan fingerprint density at radius 3 is 2.59 bits per heavy atom. The van der Waals surface area contributed by atoms with Crippen LogP contribution in [0.25, 0.3) is 0 Å². The summed E-state index contributed by atoms with van der Waals surface area (Å²) >= 11 is 5.40. The minimum Gasteiger partial charge on any atom is -0.497 e. The highest BCUT2D eigenvalue weighted by molar-refractivity contribution is 7.89. The average molecular weight is 443 g/mol. The second-order valence-electron chi connectivity index (χ2n) is 7.16. The molecule has 0 aliphatic carbocycles. The lowest BCUT2D eigenvalue weighted by atomic mass is 10.2. The maximum absolute atomic E-state index is 13.2. The van der Waals surface area contributed by atoms with Crippen LogP contribution in [0.1, 0.15) is 19.3 Å². The number of nitrogens with zero attached hydrogens (tertiary/aromatic N) is 2. The maximum Gasteiger partial charge on any atom is 0.245 e. The first-order chi connectivity index (χ1) is 14.0. The van der Waals surface area contributed by atoms with Gasteiger partial charge in [-0.05, 0) is 37.2 Å². The van der Waals surface area contributed by atoms with Gasteiger partial charge in [0.1, 0.15) is 10.6 Å². The molecule has 2 saturated heterocycles. The van der Waals surface area contributed by atoms with Crippen molar-refractivity contribution >= 4 is 33.0 Å². The monoisotopic (exact) mass is 442 g/mol. The lowest BCUT2D eigenvalue weighted by Crippen LogP contribution is -2.42. The number of piperidine rings is 1. The topological polar surface area (TPSA) is 83.1 Å². The van der Waals surface area contributed by atoms with Crippen molar-refractivity contribution in [3.05, 3.63) is 18.2 Å². The van der Waals surface area contributed by atoms with Crippen molar-refractivity contribution in [1.82, 2.24) is 14.5 Å². The highest BCUT2D eigenvalue weighted by Gasteiger charge is 2.29. The fraction of sp³-hybridized carbons (Fsp3) is 0.632. The Labute approximate surface area is 178 Å². The largest absolute Gasteiger partial charge is 0.497 e. The van der Waals surface area contributed by atoms with E-state index in [1.807, 2.05) is 0 Å². The first kappa shape index (κ1) is 22.2. The second kappa shape index (κ2) is 10.5. The molecule has 0 radical (unpaired) electrons. The van der Waals surface area contributed by atoms with Crippen LogP contribution in [-0.2, 0) is 14.8 Å². The van der Waals surface area contributed by atoms with Crippen molar-refractivity contribution in [2.75, 3.05) is 64.9 Å². The molecular weight excluding hydrogens is 412 g/mol. The van der Waals surface area contributed by atoms with E-state index < -0.39 is 10.0 Å². The van der Waals surface area contributed by atoms with Crippen molar-refractivity contribution in [3.8, 4) is 5.75 Å². The molecule has 0 bridgehead atoms. The van der Waals surface area contributed by atoms with Gasteiger partial charge in [0.25, 0.3) is 0 Å². The number of methoxy groups -OCH3 is 1. The number of sulfonamides is 1. The summed E-state index contributed by atoms with van der Waals surface area (Å²) in [7, 11) is -2.10. The van der Waals surface area contributed by atoms with Crippen LogP contribution in [0, 0.1) is 0 Å². The van der Waals surface area contributed by atoms with E-state index >= 15 is 0 Å². The molecule has 0 unspecified atom stereocenters. The lowest BCUT2D eigenvalue weighted by Gasteiger charge is -2.27. The van der Waals surface area contributed by atoms with Gasteiger partial charge in [0.05, 0.1) is 26.0 Å². The lowest BCUT2D eigenvalue weighted by molar-refractivity contribution is 0.0389. The van der Waals surface area contributed by atoms with Gasteiger partial charge in [-0.1, -0.05) is 6.42 Å². The van der Waals surface area contributed by atoms with Gasteiger partial charge in [-0.25, -0.2) is 8.42 Å². The molecule has 0 atom stereocenters. The molecule has 0 amide bonds. The van der Waals surface area contributed by atoms with Gasteiger partial charge < -0.3 is 20.1 Å². The van der Waals surface area contributed by atoms with Gasteiger partial charge in [-0.15, -0.1) is 0 Å². The third kappa shape index (κ3) is 6.02. The van der Waals surface area contributed by atoms with E-state index in [0.29, 0.717) is 36.2 Å². The van der Waals surface area contributed by atoms with Crippen LogP contribution in [0.15, 0.2) is 23.1 Å². The Kier molecular flexibility index (Phi) is 8.07. The molecular formula is C19H30N4O4S2. The summed E-state index contributed by atoms with van der Waals surface area (Å²) in [5.74, 6) is 0.498. The quantitative estimate of drug-likeness (QED) is 0.615. The molecule has 8 nitrogen and oxygen atoms in total. The maximum atomic E-state index is 13.2. The Balaban J connectivity index is 1.67. The second-order valence-corrected chi connectivity index (χ2v) is 9.48. The average Bonchev–Trinajstić information content (AvgIpc) is 2.75. The molecule has 1 aromatic carbocycles. The van der Waals surface area contributed by atoms with Gasteiger partial charge in [0, 0.05) is 45.3 Å². The first-order valence-corrected chi connectivity index (χ1v) is 11.9. The number of thiocarbonyl (C=S) groups is 1. The summed E-state index contributed by atoms with van der Waals surface area (Å²) in [6.07, 6.45) is 2.83. The summed E-state index contributed by atoms with van der Waals surface area (Å²) in [6, 6.07) is 4.99. The van der Waals surface area contributed by atoms with E-state index in [1.54, 1.807) is 22.5 Å². The molecule has 1 aromatic rings. The number of rotatable bonds is 7. The van der Waals surface area contributed by atoms with Crippen LogP contribution in [0.4, 0.5) is 5.69 Å². The predicted molar refractivity (Wildman–Crippen MR) is 117 cm³/mol. The smallest absolute Gasteiger partial charge is 0.245 e. The SMILES string of the molecule is COc1ccc(NC(=S)NCCN2CCOCC2)c(S(=O)(=O)N2CCCCC2)c1. The van der Waals surface area contributed by atoms with Crippen LogP contribution in [-0.4, -0.2) is 82.3 Å². The molecule has 29 heavy (non-hydrogen) atoms. The molecule has 2 aliphatic rings. The normalized spacial score (nSPS) is 18.9. The van der Waals surface area contributed by atoms with Crippen molar-refractivity contribution < 1.29 is 17.9 Å². The molecule has 162 valence electrons. The fourth-order valence-electron chi connectivity index (χ4n) is 3.51. The zero-order valence-corrected chi connectivity index (χ0v) is 18.5. The molecule has 0 spiro atoms. The van der Waals surface area contributed by atoms with Gasteiger partial charge in [-0.3, -0.25) is 4.90 Å². The third-order valence-electron chi connectivity index (χ3n) is 5.19. The third-order valence-corrected chi connectivity index (χ3v) is 7.37. The minimum atomic E-state index is -3.63. The molecule has 0 saturated carbocycles. The number of hydrogen-bond acceptors (Lipinski definition) is 6. The minimum absolute atomic E-state index is 0.191. The van der Waals surface area contributed by atoms with E-state index in [4.69, 9.17) is 21.7 Å². The molecule has 3 rings (SSSR count). The number of nitrogens with one attached hydrogen (secondary N) is 2. The standard InChI is InChI=1S/C19H30N4O4S2/c1-26-16-5-6-17(18(15-16)29(24,25)23-8-3-2-4-9-23)21-19(28)20-7-10-22-11-13-27-14-12-22/h5-6,15H,2-4,7-14H2,1H3,(H2,20,21,28). The number of morpholine rings is 1. The summed E-state index contributed by atoms with van der Waals surface area (Å²) in [5.41, 5.74) is 0.459. The van der Waals surface area contributed by atoms with Crippen LogP contribution >= 0.6 is 12.2 Å². The van der Waals surface area contributed by atoms with E-state index in [9.17, 15) is 8.42 Å². The van der Waals surface area contributed by atoms with Crippen LogP contribution in [0.3, 0.4) is 0 Å². The predicted octanol–water partition coefficient (Wildman–Crippen LogP) is 1.49. The molecule has 0 aromatic heterocycles. The number of benzene rings is 1. The zero-order valence-electron chi connectivity index (χ0n) is 16.9. The van der Waals surface area contributed by atoms with Crippen LogP contribution < -0.4 is 15.4 Å². The molecule has 10 heteroatoms. The highest BCUT2D eigenvalue weighted by atomic mass is 32.2.